The zero-order chi connectivity index (χ0) is 10.8. The lowest BCUT2D eigenvalue weighted by molar-refractivity contribution is 0.822. The van der Waals surface area contributed by atoms with Crippen molar-refractivity contribution in [2.24, 2.45) is 0 Å². The predicted molar refractivity (Wildman–Crippen MR) is 65.4 cm³/mol. The van der Waals surface area contributed by atoms with Gasteiger partial charge in [-0.05, 0) is 30.4 Å². The first-order valence-corrected chi connectivity index (χ1v) is 6.24. The number of thioether (sulfide) groups is 1. The summed E-state index contributed by atoms with van der Waals surface area (Å²) in [6, 6.07) is 6.21. The van der Waals surface area contributed by atoms with Crippen molar-refractivity contribution in [1.82, 2.24) is 9.97 Å². The van der Waals surface area contributed by atoms with E-state index in [1.807, 2.05) is 12.3 Å². The molecule has 0 radical (unpaired) electrons. The Hall–Kier alpha value is -1.09. The summed E-state index contributed by atoms with van der Waals surface area (Å²) in [5.41, 5.74) is 3.02. The molecule has 2 aromatic rings. The molecule has 1 aromatic carbocycles. The Kier molecular flexibility index (Phi) is 2.91. The molecule has 1 aromatic heterocycles. The third-order valence-electron chi connectivity index (χ3n) is 2.36. The molecule has 0 aliphatic heterocycles. The molecule has 0 unspecified atom stereocenters. The first-order chi connectivity index (χ1) is 7.20. The number of benzene rings is 1. The van der Waals surface area contributed by atoms with Crippen LogP contribution in [0.25, 0.3) is 11.0 Å². The van der Waals surface area contributed by atoms with Crippen LogP contribution in [0.4, 0.5) is 0 Å². The van der Waals surface area contributed by atoms with Crippen LogP contribution in [0.5, 0.6) is 0 Å². The summed E-state index contributed by atoms with van der Waals surface area (Å²) in [7, 11) is 0. The van der Waals surface area contributed by atoms with Gasteiger partial charge in [-0.15, -0.1) is 11.8 Å². The highest BCUT2D eigenvalue weighted by molar-refractivity contribution is 7.98. The standard InChI is InChI=1S/C12H14N2S/c1-8(2)12-7-13-11-6-9(15-3)4-5-10(11)14-12/h4-8H,1-3H3. The Morgan fingerprint density at radius 1 is 1.20 bits per heavy atom. The minimum absolute atomic E-state index is 0.433. The first kappa shape index (κ1) is 10.4. The smallest absolute Gasteiger partial charge is 0.0898 e. The molecule has 0 aliphatic rings. The molecule has 3 heteroatoms. The molecule has 1 heterocycles. The second kappa shape index (κ2) is 4.19. The molecule has 0 spiro atoms. The van der Waals surface area contributed by atoms with E-state index in [1.165, 1.54) is 4.90 Å². The average Bonchev–Trinajstić information content (AvgIpc) is 2.27. The molecule has 0 bridgehead atoms. The van der Waals surface area contributed by atoms with Gasteiger partial charge < -0.3 is 0 Å². The van der Waals surface area contributed by atoms with E-state index in [9.17, 15) is 0 Å². The number of rotatable bonds is 2. The van der Waals surface area contributed by atoms with Gasteiger partial charge in [-0.2, -0.15) is 0 Å². The lowest BCUT2D eigenvalue weighted by atomic mass is 10.1. The lowest BCUT2D eigenvalue weighted by Crippen LogP contribution is -1.94. The number of hydrogen-bond acceptors (Lipinski definition) is 3. The molecule has 0 saturated carbocycles. The summed E-state index contributed by atoms with van der Waals surface area (Å²) in [4.78, 5) is 10.2. The van der Waals surface area contributed by atoms with E-state index in [2.05, 4.69) is 42.2 Å². The van der Waals surface area contributed by atoms with E-state index in [4.69, 9.17) is 0 Å². The normalized spacial score (nSPS) is 11.2. The summed E-state index contributed by atoms with van der Waals surface area (Å²) in [6.07, 6.45) is 3.94. The summed E-state index contributed by atoms with van der Waals surface area (Å²) in [6.45, 7) is 4.26. The van der Waals surface area contributed by atoms with Crippen LogP contribution in [0.1, 0.15) is 25.5 Å². The first-order valence-electron chi connectivity index (χ1n) is 5.01. The summed E-state index contributed by atoms with van der Waals surface area (Å²) in [5, 5.41) is 0. The van der Waals surface area contributed by atoms with Crippen LogP contribution >= 0.6 is 11.8 Å². The molecule has 0 fully saturated rings. The van der Waals surface area contributed by atoms with Crippen molar-refractivity contribution in [3.63, 3.8) is 0 Å². The van der Waals surface area contributed by atoms with Gasteiger partial charge in [0.05, 0.1) is 16.7 Å². The Morgan fingerprint density at radius 3 is 2.67 bits per heavy atom. The van der Waals surface area contributed by atoms with Crippen LogP contribution in [-0.2, 0) is 0 Å². The van der Waals surface area contributed by atoms with Gasteiger partial charge in [-0.1, -0.05) is 13.8 Å². The summed E-state index contributed by atoms with van der Waals surface area (Å²) in [5.74, 6) is 0.433. The van der Waals surface area contributed by atoms with Crippen molar-refractivity contribution in [3.8, 4) is 0 Å². The zero-order valence-corrected chi connectivity index (χ0v) is 10.0. The van der Waals surface area contributed by atoms with Crippen molar-refractivity contribution >= 4 is 22.8 Å². The summed E-state index contributed by atoms with van der Waals surface area (Å²) < 4.78 is 0. The fraction of sp³-hybridized carbons (Fsp3) is 0.333. The fourth-order valence-electron chi connectivity index (χ4n) is 1.41. The highest BCUT2D eigenvalue weighted by Crippen LogP contribution is 2.20. The molecule has 0 amide bonds. The van der Waals surface area contributed by atoms with Crippen LogP contribution in [-0.4, -0.2) is 16.2 Å². The molecule has 0 N–H and O–H groups in total. The maximum atomic E-state index is 4.58. The molecule has 0 aliphatic carbocycles. The Morgan fingerprint density at radius 2 is 2.00 bits per heavy atom. The SMILES string of the molecule is CSc1ccc2nc(C(C)C)cnc2c1. The van der Waals surface area contributed by atoms with Gasteiger partial charge in [0.25, 0.3) is 0 Å². The van der Waals surface area contributed by atoms with Crippen molar-refractivity contribution in [3.05, 3.63) is 30.1 Å². The van der Waals surface area contributed by atoms with Crippen molar-refractivity contribution < 1.29 is 0 Å². The lowest BCUT2D eigenvalue weighted by Gasteiger charge is -2.05. The Bertz CT molecular complexity index is 480. The third kappa shape index (κ3) is 2.12. The van der Waals surface area contributed by atoms with Crippen molar-refractivity contribution in [1.29, 1.82) is 0 Å². The fourth-order valence-corrected chi connectivity index (χ4v) is 1.84. The quantitative estimate of drug-likeness (QED) is 0.722. The van der Waals surface area contributed by atoms with Crippen LogP contribution in [0.15, 0.2) is 29.3 Å². The van der Waals surface area contributed by atoms with E-state index < -0.39 is 0 Å². The number of hydrogen-bond donors (Lipinski definition) is 0. The predicted octanol–water partition coefficient (Wildman–Crippen LogP) is 3.48. The van der Waals surface area contributed by atoms with E-state index in [0.29, 0.717) is 5.92 Å². The van der Waals surface area contributed by atoms with Crippen LogP contribution in [0.3, 0.4) is 0 Å². The van der Waals surface area contributed by atoms with Gasteiger partial charge in [0, 0.05) is 11.1 Å². The van der Waals surface area contributed by atoms with Gasteiger partial charge in [0.15, 0.2) is 0 Å². The molecule has 2 nitrogen and oxygen atoms in total. The summed E-state index contributed by atoms with van der Waals surface area (Å²) >= 11 is 1.73. The largest absolute Gasteiger partial charge is 0.253 e. The highest BCUT2D eigenvalue weighted by Gasteiger charge is 2.03. The van der Waals surface area contributed by atoms with Crippen LogP contribution in [0.2, 0.25) is 0 Å². The molecule has 0 saturated heterocycles. The molecule has 0 atom stereocenters. The van der Waals surface area contributed by atoms with Crippen LogP contribution in [0, 0.1) is 0 Å². The second-order valence-corrected chi connectivity index (χ2v) is 4.68. The Balaban J connectivity index is 2.55. The van der Waals surface area contributed by atoms with E-state index in [0.717, 1.165) is 16.7 Å². The molecule has 2 rings (SSSR count). The van der Waals surface area contributed by atoms with E-state index in [-0.39, 0.29) is 0 Å². The van der Waals surface area contributed by atoms with E-state index >= 15 is 0 Å². The van der Waals surface area contributed by atoms with E-state index in [1.54, 1.807) is 11.8 Å². The maximum absolute atomic E-state index is 4.58. The van der Waals surface area contributed by atoms with Gasteiger partial charge in [-0.25, -0.2) is 4.98 Å². The minimum Gasteiger partial charge on any atom is -0.253 e. The van der Waals surface area contributed by atoms with Crippen molar-refractivity contribution in [2.75, 3.05) is 6.26 Å². The van der Waals surface area contributed by atoms with Gasteiger partial charge in [-0.3, -0.25) is 4.98 Å². The highest BCUT2D eigenvalue weighted by atomic mass is 32.2. The minimum atomic E-state index is 0.433. The Labute approximate surface area is 94.1 Å². The zero-order valence-electron chi connectivity index (χ0n) is 9.19. The number of nitrogens with zero attached hydrogens (tertiary/aromatic N) is 2. The monoisotopic (exact) mass is 218 g/mol. The number of fused-ring (bicyclic) bond motifs is 1. The molecule has 78 valence electrons. The molecular formula is C12H14N2S. The van der Waals surface area contributed by atoms with Gasteiger partial charge in [0.2, 0.25) is 0 Å². The average molecular weight is 218 g/mol. The number of aromatic nitrogens is 2. The second-order valence-electron chi connectivity index (χ2n) is 3.80. The molecular weight excluding hydrogens is 204 g/mol. The maximum Gasteiger partial charge on any atom is 0.0898 e. The third-order valence-corrected chi connectivity index (χ3v) is 3.08. The molecule has 15 heavy (non-hydrogen) atoms. The van der Waals surface area contributed by atoms with Gasteiger partial charge in [0.1, 0.15) is 0 Å². The van der Waals surface area contributed by atoms with Gasteiger partial charge >= 0.3 is 0 Å². The van der Waals surface area contributed by atoms with Crippen LogP contribution < -0.4 is 0 Å². The van der Waals surface area contributed by atoms with Crippen molar-refractivity contribution in [2.45, 2.75) is 24.7 Å². The topological polar surface area (TPSA) is 25.8 Å².